The quantitative estimate of drug-likeness (QED) is 0.478. The minimum Gasteiger partial charge on any atom is -0.494 e. The second-order valence-electron chi connectivity index (χ2n) is 6.87. The van der Waals surface area contributed by atoms with Crippen LogP contribution in [0.1, 0.15) is 12.5 Å². The number of rotatable bonds is 7. The molecule has 8 nitrogen and oxygen atoms in total. The molecule has 0 unspecified atom stereocenters. The van der Waals surface area contributed by atoms with E-state index in [-0.39, 0.29) is 17.5 Å². The molecule has 0 bridgehead atoms. The molecule has 0 aromatic carbocycles. The summed E-state index contributed by atoms with van der Waals surface area (Å²) in [5.41, 5.74) is 2.47. The van der Waals surface area contributed by atoms with Gasteiger partial charge in [0, 0.05) is 36.8 Å². The molecule has 0 saturated carbocycles. The summed E-state index contributed by atoms with van der Waals surface area (Å²) in [5, 5.41) is 15.8. The van der Waals surface area contributed by atoms with Gasteiger partial charge in [0.1, 0.15) is 6.61 Å². The topological polar surface area (TPSA) is 87.2 Å². The van der Waals surface area contributed by atoms with Gasteiger partial charge in [-0.25, -0.2) is 18.7 Å². The molecule has 4 aromatic heterocycles. The summed E-state index contributed by atoms with van der Waals surface area (Å²) in [6.45, 7) is 3.77. The van der Waals surface area contributed by atoms with Crippen LogP contribution >= 0.6 is 0 Å². The number of alkyl halides is 2. The summed E-state index contributed by atoms with van der Waals surface area (Å²) in [7, 11) is 1.39. The van der Waals surface area contributed by atoms with Gasteiger partial charge in [0.2, 0.25) is 5.88 Å². The number of fused-ring (bicyclic) bond motifs is 1. The number of hydrogen-bond donors (Lipinski definition) is 1. The predicted octanol–water partition coefficient (Wildman–Crippen LogP) is 3.97. The number of hydrogen-bond acceptors (Lipinski definition) is 6. The lowest BCUT2D eigenvalue weighted by atomic mass is 10.1. The van der Waals surface area contributed by atoms with Crippen molar-refractivity contribution in [1.29, 1.82) is 0 Å². The number of methoxy groups -OCH3 is 1. The highest BCUT2D eigenvalue weighted by Gasteiger charge is 2.18. The number of aryl methyl sites for hydroxylation is 2. The van der Waals surface area contributed by atoms with Crippen molar-refractivity contribution in [2.24, 2.45) is 0 Å². The second kappa shape index (κ2) is 8.21. The molecule has 0 aliphatic carbocycles. The lowest BCUT2D eigenvalue weighted by molar-refractivity contribution is 0.0801. The molecule has 31 heavy (non-hydrogen) atoms. The Kier molecular flexibility index (Phi) is 5.45. The first-order chi connectivity index (χ1) is 14.9. The van der Waals surface area contributed by atoms with Gasteiger partial charge >= 0.3 is 0 Å². The van der Waals surface area contributed by atoms with Crippen LogP contribution in [-0.4, -0.2) is 49.6 Å². The van der Waals surface area contributed by atoms with Crippen molar-refractivity contribution in [1.82, 2.24) is 24.3 Å². The number of aromatic nitrogens is 5. The zero-order valence-corrected chi connectivity index (χ0v) is 17.2. The first-order valence-electron chi connectivity index (χ1n) is 9.62. The number of pyridine rings is 2. The van der Waals surface area contributed by atoms with E-state index >= 15 is 0 Å². The van der Waals surface area contributed by atoms with E-state index in [1.54, 1.807) is 33.6 Å². The Morgan fingerprint density at radius 3 is 2.74 bits per heavy atom. The van der Waals surface area contributed by atoms with Gasteiger partial charge in [-0.15, -0.1) is 0 Å². The van der Waals surface area contributed by atoms with Crippen LogP contribution in [0, 0.1) is 6.92 Å². The van der Waals surface area contributed by atoms with Crippen molar-refractivity contribution >= 4 is 10.9 Å². The fourth-order valence-electron chi connectivity index (χ4n) is 3.35. The third-order valence-electron chi connectivity index (χ3n) is 4.82. The molecule has 4 aromatic rings. The van der Waals surface area contributed by atoms with E-state index in [0.717, 1.165) is 5.56 Å². The summed E-state index contributed by atoms with van der Waals surface area (Å²) >= 11 is 0. The lowest BCUT2D eigenvalue weighted by Crippen LogP contribution is -2.08. The normalized spacial score (nSPS) is 11.4. The summed E-state index contributed by atoms with van der Waals surface area (Å²) in [4.78, 5) is 8.78. The Labute approximate surface area is 176 Å². The van der Waals surface area contributed by atoms with Crippen LogP contribution in [0.3, 0.4) is 0 Å². The molecule has 0 radical (unpaired) electrons. The van der Waals surface area contributed by atoms with Gasteiger partial charge in [-0.3, -0.25) is 9.25 Å². The third-order valence-corrected chi connectivity index (χ3v) is 4.82. The molecule has 4 heterocycles. The molecular formula is C21H21F2N5O3. The average Bonchev–Trinajstić information content (AvgIpc) is 3.36. The van der Waals surface area contributed by atoms with Crippen LogP contribution in [-0.2, 0) is 6.54 Å². The highest BCUT2D eigenvalue weighted by molar-refractivity contribution is 5.90. The highest BCUT2D eigenvalue weighted by Crippen LogP contribution is 2.35. The molecular weight excluding hydrogens is 408 g/mol. The van der Waals surface area contributed by atoms with Crippen LogP contribution in [0.2, 0.25) is 0 Å². The molecule has 10 heteroatoms. The molecule has 0 fully saturated rings. The zero-order valence-electron chi connectivity index (χ0n) is 17.2. The van der Waals surface area contributed by atoms with E-state index < -0.39 is 13.0 Å². The van der Waals surface area contributed by atoms with E-state index in [1.807, 2.05) is 20.0 Å². The number of aromatic hydroxyl groups is 1. The SMILES string of the molecule is CCn1ccc(-n2cc3nc(-c4cnc(OC)c(OCC(F)F)c4)cc(C)c3c2O)n1. The molecule has 1 N–H and O–H groups in total. The van der Waals surface area contributed by atoms with E-state index in [4.69, 9.17) is 9.47 Å². The molecule has 0 aliphatic rings. The third kappa shape index (κ3) is 3.88. The zero-order chi connectivity index (χ0) is 22.1. The molecule has 0 spiro atoms. The molecule has 0 amide bonds. The Morgan fingerprint density at radius 1 is 1.26 bits per heavy atom. The Bertz CT molecular complexity index is 1240. The Balaban J connectivity index is 1.78. The maximum absolute atomic E-state index is 12.6. The average molecular weight is 429 g/mol. The smallest absolute Gasteiger partial charge is 0.272 e. The van der Waals surface area contributed by atoms with Crippen molar-refractivity contribution < 1.29 is 23.4 Å². The molecule has 4 rings (SSSR count). The van der Waals surface area contributed by atoms with Crippen molar-refractivity contribution in [2.75, 3.05) is 13.7 Å². The van der Waals surface area contributed by atoms with Gasteiger partial charge in [0.15, 0.2) is 11.6 Å². The fraction of sp³-hybridized carbons (Fsp3) is 0.286. The van der Waals surface area contributed by atoms with Gasteiger partial charge in [-0.2, -0.15) is 5.10 Å². The molecule has 0 saturated heterocycles. The maximum Gasteiger partial charge on any atom is 0.272 e. The van der Waals surface area contributed by atoms with Gasteiger partial charge < -0.3 is 14.6 Å². The van der Waals surface area contributed by atoms with E-state index in [9.17, 15) is 13.9 Å². The number of nitrogens with zero attached hydrogens (tertiary/aromatic N) is 5. The Morgan fingerprint density at radius 2 is 2.06 bits per heavy atom. The van der Waals surface area contributed by atoms with E-state index in [2.05, 4.69) is 15.1 Å². The van der Waals surface area contributed by atoms with Crippen LogP contribution in [0.15, 0.2) is 36.8 Å². The van der Waals surface area contributed by atoms with E-state index in [0.29, 0.717) is 34.5 Å². The van der Waals surface area contributed by atoms with Crippen molar-refractivity contribution in [3.05, 3.63) is 42.4 Å². The first kappa shape index (κ1) is 20.6. The highest BCUT2D eigenvalue weighted by atomic mass is 19.3. The minimum atomic E-state index is -2.62. The van der Waals surface area contributed by atoms with Crippen LogP contribution < -0.4 is 9.47 Å². The molecule has 0 atom stereocenters. The summed E-state index contributed by atoms with van der Waals surface area (Å²) in [6, 6.07) is 5.15. The Hall–Kier alpha value is -3.69. The first-order valence-corrected chi connectivity index (χ1v) is 9.62. The van der Waals surface area contributed by atoms with Crippen molar-refractivity contribution in [3.8, 4) is 34.6 Å². The number of halogens is 2. The van der Waals surface area contributed by atoms with E-state index in [1.165, 1.54) is 13.3 Å². The van der Waals surface area contributed by atoms with Gasteiger partial charge in [0.05, 0.1) is 23.7 Å². The summed E-state index contributed by atoms with van der Waals surface area (Å²) in [6.07, 6.45) is 2.44. The number of ether oxygens (including phenoxy) is 2. The molecule has 0 aliphatic heterocycles. The predicted molar refractivity (Wildman–Crippen MR) is 110 cm³/mol. The molecule has 162 valence electrons. The van der Waals surface area contributed by atoms with Crippen LogP contribution in [0.25, 0.3) is 28.0 Å². The van der Waals surface area contributed by atoms with Gasteiger partial charge in [0.25, 0.3) is 12.3 Å². The minimum absolute atomic E-state index is 0.0433. The van der Waals surface area contributed by atoms with Crippen molar-refractivity contribution in [2.45, 2.75) is 26.8 Å². The maximum atomic E-state index is 12.6. The summed E-state index contributed by atoms with van der Waals surface area (Å²) in [5.74, 6) is 0.830. The monoisotopic (exact) mass is 429 g/mol. The van der Waals surface area contributed by atoms with Crippen molar-refractivity contribution in [3.63, 3.8) is 0 Å². The largest absolute Gasteiger partial charge is 0.494 e. The second-order valence-corrected chi connectivity index (χ2v) is 6.87. The van der Waals surface area contributed by atoms with Crippen LogP contribution in [0.4, 0.5) is 8.78 Å². The van der Waals surface area contributed by atoms with Gasteiger partial charge in [-0.05, 0) is 31.5 Å². The standard InChI is InChI=1S/C21H21F2N5O3/c1-4-27-6-5-18(26-27)28-10-15-19(21(28)29)12(2)7-14(25-15)13-8-16(31-11-17(22)23)20(30-3)24-9-13/h5-10,17,29H,4,11H2,1-3H3. The fourth-order valence-corrected chi connectivity index (χ4v) is 3.35. The van der Waals surface area contributed by atoms with Gasteiger partial charge in [-0.1, -0.05) is 0 Å². The lowest BCUT2D eigenvalue weighted by Gasteiger charge is -2.11. The van der Waals surface area contributed by atoms with Crippen LogP contribution in [0.5, 0.6) is 17.5 Å². The summed E-state index contributed by atoms with van der Waals surface area (Å²) < 4.78 is 38.7.